The number of nitrogens with zero attached hydrogens (tertiary/aromatic N) is 1. The molecule has 0 spiro atoms. The Hall–Kier alpha value is -2.78. The van der Waals surface area contributed by atoms with Crippen molar-refractivity contribution in [3.63, 3.8) is 0 Å². The van der Waals surface area contributed by atoms with Crippen LogP contribution in [-0.2, 0) is 16.6 Å². The zero-order chi connectivity index (χ0) is 17.9. The van der Waals surface area contributed by atoms with Crippen LogP contribution in [-0.4, -0.2) is 19.2 Å². The third kappa shape index (κ3) is 3.94. The van der Waals surface area contributed by atoms with Crippen molar-refractivity contribution in [1.29, 1.82) is 0 Å². The lowest BCUT2D eigenvalue weighted by Crippen LogP contribution is -2.24. The largest absolute Gasteiger partial charge is 0.348 e. The van der Waals surface area contributed by atoms with E-state index in [1.54, 1.807) is 25.1 Å². The van der Waals surface area contributed by atoms with Gasteiger partial charge in [-0.05, 0) is 30.7 Å². The van der Waals surface area contributed by atoms with Crippen molar-refractivity contribution in [1.82, 2.24) is 5.32 Å². The van der Waals surface area contributed by atoms with Gasteiger partial charge in [-0.3, -0.25) is 14.9 Å². The van der Waals surface area contributed by atoms with Crippen LogP contribution in [0.2, 0.25) is 0 Å². The third-order valence-corrected chi connectivity index (χ3v) is 4.26. The van der Waals surface area contributed by atoms with Crippen LogP contribution in [0.25, 0.3) is 0 Å². The molecule has 0 fully saturated rings. The van der Waals surface area contributed by atoms with Gasteiger partial charge < -0.3 is 5.32 Å². The Morgan fingerprint density at radius 3 is 2.54 bits per heavy atom. The van der Waals surface area contributed by atoms with Crippen LogP contribution >= 0.6 is 0 Å². The molecule has 24 heavy (non-hydrogen) atoms. The molecule has 0 aliphatic heterocycles. The van der Waals surface area contributed by atoms with E-state index in [1.807, 2.05) is 0 Å². The van der Waals surface area contributed by atoms with Crippen LogP contribution in [0.3, 0.4) is 0 Å². The summed E-state index contributed by atoms with van der Waals surface area (Å²) in [5.74, 6) is -0.619. The predicted molar refractivity (Wildman–Crippen MR) is 86.8 cm³/mol. The molecule has 3 N–H and O–H groups in total. The number of nitro benzene ring substituents is 1. The molecule has 0 bridgehead atoms. The van der Waals surface area contributed by atoms with Crippen LogP contribution < -0.4 is 10.5 Å². The van der Waals surface area contributed by atoms with E-state index in [0.717, 1.165) is 0 Å². The first kappa shape index (κ1) is 17.6. The van der Waals surface area contributed by atoms with Crippen molar-refractivity contribution >= 4 is 21.6 Å². The van der Waals surface area contributed by atoms with Gasteiger partial charge in [0.25, 0.3) is 11.6 Å². The van der Waals surface area contributed by atoms with Crippen molar-refractivity contribution in [3.05, 3.63) is 69.3 Å². The molecule has 2 rings (SSSR count). The van der Waals surface area contributed by atoms with Gasteiger partial charge in [0.05, 0.1) is 9.82 Å². The number of hydrogen-bond acceptors (Lipinski definition) is 5. The minimum atomic E-state index is -3.84. The van der Waals surface area contributed by atoms with Crippen molar-refractivity contribution in [2.45, 2.75) is 18.4 Å². The Kier molecular flexibility index (Phi) is 4.96. The van der Waals surface area contributed by atoms with Crippen LogP contribution in [0.15, 0.2) is 47.4 Å². The lowest BCUT2D eigenvalue weighted by molar-refractivity contribution is -0.385. The minimum Gasteiger partial charge on any atom is -0.348 e. The fourth-order valence-corrected chi connectivity index (χ4v) is 2.78. The third-order valence-electron chi connectivity index (χ3n) is 3.35. The van der Waals surface area contributed by atoms with E-state index in [4.69, 9.17) is 5.14 Å². The maximum atomic E-state index is 12.2. The summed E-state index contributed by atoms with van der Waals surface area (Å²) in [6.07, 6.45) is 0. The van der Waals surface area contributed by atoms with Gasteiger partial charge in [0, 0.05) is 12.1 Å². The molecule has 2 aromatic carbocycles. The highest BCUT2D eigenvalue weighted by Gasteiger charge is 2.22. The monoisotopic (exact) mass is 349 g/mol. The fraction of sp³-hybridized carbons (Fsp3) is 0.133. The van der Waals surface area contributed by atoms with Crippen LogP contribution in [0.5, 0.6) is 0 Å². The lowest BCUT2D eigenvalue weighted by atomic mass is 10.1. The fourth-order valence-electron chi connectivity index (χ4n) is 2.19. The molecule has 0 saturated carbocycles. The molecule has 2 aromatic rings. The number of rotatable bonds is 5. The molecule has 0 unspecified atom stereocenters. The number of nitrogens with two attached hydrogens (primary N) is 1. The number of benzene rings is 2. The molecule has 9 heteroatoms. The smallest absolute Gasteiger partial charge is 0.285 e. The molecule has 0 aliphatic carbocycles. The average Bonchev–Trinajstić information content (AvgIpc) is 2.51. The van der Waals surface area contributed by atoms with E-state index >= 15 is 0 Å². The molecule has 0 aliphatic rings. The Bertz CT molecular complexity index is 909. The van der Waals surface area contributed by atoms with Gasteiger partial charge in [0.1, 0.15) is 5.56 Å². The molecule has 0 saturated heterocycles. The first-order valence-corrected chi connectivity index (χ1v) is 8.38. The highest BCUT2D eigenvalue weighted by Crippen LogP contribution is 2.23. The first-order valence-electron chi connectivity index (χ1n) is 6.84. The summed E-state index contributed by atoms with van der Waals surface area (Å²) in [6, 6.07) is 10.2. The number of aryl methyl sites for hydroxylation is 1. The van der Waals surface area contributed by atoms with E-state index in [1.165, 1.54) is 24.3 Å². The minimum absolute atomic E-state index is 0.00723. The second kappa shape index (κ2) is 6.77. The van der Waals surface area contributed by atoms with Crippen LogP contribution in [0, 0.1) is 17.0 Å². The molecule has 126 valence electrons. The van der Waals surface area contributed by atoms with Gasteiger partial charge in [-0.15, -0.1) is 0 Å². The van der Waals surface area contributed by atoms with E-state index in [-0.39, 0.29) is 22.7 Å². The van der Waals surface area contributed by atoms with Gasteiger partial charge in [0.15, 0.2) is 0 Å². The molecule has 0 aromatic heterocycles. The number of carbonyl (C=O) groups excluding carboxylic acids is 1. The topological polar surface area (TPSA) is 132 Å². The van der Waals surface area contributed by atoms with Gasteiger partial charge in [-0.1, -0.05) is 24.3 Å². The Morgan fingerprint density at radius 1 is 1.25 bits per heavy atom. The Balaban J connectivity index is 2.21. The van der Waals surface area contributed by atoms with Gasteiger partial charge in [-0.2, -0.15) is 0 Å². The van der Waals surface area contributed by atoms with E-state index < -0.39 is 20.9 Å². The molecule has 0 atom stereocenters. The maximum Gasteiger partial charge on any atom is 0.285 e. The number of amides is 1. The van der Waals surface area contributed by atoms with Crippen LogP contribution in [0.1, 0.15) is 21.5 Å². The molecular weight excluding hydrogens is 334 g/mol. The summed E-state index contributed by atoms with van der Waals surface area (Å²) in [7, 11) is -3.84. The molecular formula is C15H15N3O5S. The zero-order valence-electron chi connectivity index (χ0n) is 12.7. The number of primary sulfonamides is 1. The summed E-state index contributed by atoms with van der Waals surface area (Å²) in [4.78, 5) is 22.7. The second-order valence-electron chi connectivity index (χ2n) is 5.10. The average molecular weight is 349 g/mol. The highest BCUT2D eigenvalue weighted by molar-refractivity contribution is 7.89. The van der Waals surface area contributed by atoms with Gasteiger partial charge in [-0.25, -0.2) is 13.6 Å². The van der Waals surface area contributed by atoms with E-state index in [9.17, 15) is 23.3 Å². The Labute approximate surface area is 138 Å². The highest BCUT2D eigenvalue weighted by atomic mass is 32.2. The maximum absolute atomic E-state index is 12.2. The molecule has 0 radical (unpaired) electrons. The van der Waals surface area contributed by atoms with Crippen molar-refractivity contribution in [2.24, 2.45) is 5.14 Å². The summed E-state index contributed by atoms with van der Waals surface area (Å²) in [5, 5.41) is 18.7. The summed E-state index contributed by atoms with van der Waals surface area (Å²) in [5.41, 5.74) is 0.574. The molecule has 0 heterocycles. The number of sulfonamides is 1. The van der Waals surface area contributed by atoms with Crippen molar-refractivity contribution in [3.8, 4) is 0 Å². The van der Waals surface area contributed by atoms with Gasteiger partial charge >= 0.3 is 0 Å². The number of nitrogens with one attached hydrogen (secondary N) is 1. The number of nitro groups is 1. The quantitative estimate of drug-likeness (QED) is 0.623. The van der Waals surface area contributed by atoms with Crippen molar-refractivity contribution < 1.29 is 18.1 Å². The number of carbonyl (C=O) groups is 1. The van der Waals surface area contributed by atoms with Crippen LogP contribution in [0.4, 0.5) is 5.69 Å². The van der Waals surface area contributed by atoms with Gasteiger partial charge in [0.2, 0.25) is 10.0 Å². The summed E-state index contributed by atoms with van der Waals surface area (Å²) in [6.45, 7) is 1.55. The molecule has 8 nitrogen and oxygen atoms in total. The van der Waals surface area contributed by atoms with E-state index in [0.29, 0.717) is 11.1 Å². The number of hydrogen-bond donors (Lipinski definition) is 2. The predicted octanol–water partition coefficient (Wildman–Crippen LogP) is 1.48. The summed E-state index contributed by atoms with van der Waals surface area (Å²) < 4.78 is 22.6. The summed E-state index contributed by atoms with van der Waals surface area (Å²) >= 11 is 0. The normalized spacial score (nSPS) is 11.1. The molecule has 1 amide bonds. The lowest BCUT2D eigenvalue weighted by Gasteiger charge is -2.08. The number of para-hydroxylation sites is 1. The second-order valence-corrected chi connectivity index (χ2v) is 6.66. The zero-order valence-corrected chi connectivity index (χ0v) is 13.5. The standard InChI is InChI=1S/C15H15N3O5S/c1-10-4-2-7-13(14(10)18(20)21)15(19)17-9-11-5-3-6-12(8-11)24(16,22)23/h2-8H,9H2,1H3,(H,17,19)(H2,16,22,23). The SMILES string of the molecule is Cc1cccc(C(=O)NCc2cccc(S(N)(=O)=O)c2)c1[N+](=O)[O-]. The van der Waals surface area contributed by atoms with E-state index in [2.05, 4.69) is 5.32 Å². The first-order chi connectivity index (χ1) is 11.2. The Morgan fingerprint density at radius 2 is 1.92 bits per heavy atom. The van der Waals surface area contributed by atoms with Crippen molar-refractivity contribution in [2.75, 3.05) is 0 Å².